The summed E-state index contributed by atoms with van der Waals surface area (Å²) in [6.45, 7) is 3.42. The Morgan fingerprint density at radius 1 is 1.16 bits per heavy atom. The number of benzene rings is 1. The van der Waals surface area contributed by atoms with Crippen molar-refractivity contribution >= 4 is 5.78 Å². The first-order valence-electron chi connectivity index (χ1n) is 5.76. The number of hydrogen-bond acceptors (Lipinski definition) is 2. The molecule has 5 heteroatoms. The van der Waals surface area contributed by atoms with E-state index < -0.39 is 23.3 Å². The molecule has 102 valence electrons. The van der Waals surface area contributed by atoms with E-state index in [1.165, 1.54) is 24.5 Å². The molecule has 1 heterocycles. The van der Waals surface area contributed by atoms with Crippen LogP contribution in [0.2, 0.25) is 0 Å². The van der Waals surface area contributed by atoms with E-state index in [1.807, 2.05) is 0 Å². The number of rotatable bonds is 1. The fourth-order valence-electron chi connectivity index (χ4n) is 2.04. The van der Waals surface area contributed by atoms with E-state index in [1.54, 1.807) is 13.8 Å². The lowest BCUT2D eigenvalue weighted by atomic mass is 9.77. The van der Waals surface area contributed by atoms with Crippen molar-refractivity contribution in [2.24, 2.45) is 5.41 Å². The number of ether oxygens (including phenoxy) is 1. The summed E-state index contributed by atoms with van der Waals surface area (Å²) in [5, 5.41) is 0. The number of ketones is 1. The summed E-state index contributed by atoms with van der Waals surface area (Å²) < 4.78 is 42.8. The van der Waals surface area contributed by atoms with Gasteiger partial charge in [0.05, 0.1) is 17.2 Å². The van der Waals surface area contributed by atoms with Crippen LogP contribution in [0.5, 0.6) is 0 Å². The molecule has 1 atom stereocenters. The second-order valence-corrected chi connectivity index (χ2v) is 5.02. The second kappa shape index (κ2) is 4.40. The van der Waals surface area contributed by atoms with Crippen molar-refractivity contribution in [3.63, 3.8) is 0 Å². The number of carbonyl (C=O) groups is 1. The Morgan fingerprint density at radius 3 is 2.26 bits per heavy atom. The van der Waals surface area contributed by atoms with Crippen LogP contribution in [-0.4, -0.2) is 5.78 Å². The minimum Gasteiger partial charge on any atom is -0.492 e. The molecule has 0 N–H and O–H groups in total. The van der Waals surface area contributed by atoms with Gasteiger partial charge in [0, 0.05) is 6.08 Å². The van der Waals surface area contributed by atoms with Gasteiger partial charge in [-0.15, -0.1) is 0 Å². The quantitative estimate of drug-likeness (QED) is 0.774. The van der Waals surface area contributed by atoms with Gasteiger partial charge in [0.1, 0.15) is 6.10 Å². The van der Waals surface area contributed by atoms with E-state index in [4.69, 9.17) is 4.74 Å². The smallest absolute Gasteiger partial charge is 0.416 e. The highest BCUT2D eigenvalue weighted by atomic mass is 19.4. The monoisotopic (exact) mass is 270 g/mol. The highest BCUT2D eigenvalue weighted by Gasteiger charge is 2.40. The summed E-state index contributed by atoms with van der Waals surface area (Å²) in [5.74, 6) is -0.108. The Balaban J connectivity index is 2.33. The minimum absolute atomic E-state index is 0.108. The Hall–Kier alpha value is -1.78. The molecule has 0 aliphatic carbocycles. The number of halogens is 3. The summed E-state index contributed by atoms with van der Waals surface area (Å²) in [4.78, 5) is 11.8. The lowest BCUT2D eigenvalue weighted by molar-refractivity contribution is -0.137. The van der Waals surface area contributed by atoms with Gasteiger partial charge in [-0.2, -0.15) is 13.2 Å². The third kappa shape index (κ3) is 2.50. The summed E-state index contributed by atoms with van der Waals surface area (Å²) in [6.07, 6.45) is -2.32. The average molecular weight is 270 g/mol. The van der Waals surface area contributed by atoms with Crippen LogP contribution in [0, 0.1) is 5.41 Å². The molecule has 0 fully saturated rings. The van der Waals surface area contributed by atoms with Crippen LogP contribution < -0.4 is 0 Å². The van der Waals surface area contributed by atoms with E-state index >= 15 is 0 Å². The molecule has 1 aromatic rings. The molecule has 2 rings (SSSR count). The highest BCUT2D eigenvalue weighted by Crippen LogP contribution is 2.41. The van der Waals surface area contributed by atoms with Crippen LogP contribution in [0.15, 0.2) is 36.6 Å². The topological polar surface area (TPSA) is 26.3 Å². The molecule has 0 saturated carbocycles. The third-order valence-electron chi connectivity index (χ3n) is 3.27. The van der Waals surface area contributed by atoms with Crippen molar-refractivity contribution in [1.82, 2.24) is 0 Å². The summed E-state index contributed by atoms with van der Waals surface area (Å²) in [5.41, 5.74) is -0.962. The van der Waals surface area contributed by atoms with Gasteiger partial charge in [-0.1, -0.05) is 12.1 Å². The first-order valence-corrected chi connectivity index (χ1v) is 5.76. The van der Waals surface area contributed by atoms with E-state index in [9.17, 15) is 18.0 Å². The lowest BCUT2D eigenvalue weighted by Gasteiger charge is -2.34. The van der Waals surface area contributed by atoms with E-state index in [2.05, 4.69) is 0 Å². The summed E-state index contributed by atoms with van der Waals surface area (Å²) in [6, 6.07) is 4.69. The SMILES string of the molecule is CC1(C)C(=O)C=CO[C@@H]1c1ccc(C(F)(F)F)cc1. The standard InChI is InChI=1S/C14H13F3O2/c1-13(2)11(18)7-8-19-12(13)9-3-5-10(6-4-9)14(15,16)17/h3-8,12H,1-2H3/t12-/m1/s1. The fraction of sp³-hybridized carbons (Fsp3) is 0.357. The Bertz CT molecular complexity index is 512. The average Bonchev–Trinajstić information content (AvgIpc) is 2.32. The van der Waals surface area contributed by atoms with Crippen molar-refractivity contribution in [3.8, 4) is 0 Å². The van der Waals surface area contributed by atoms with Gasteiger partial charge in [0.15, 0.2) is 5.78 Å². The highest BCUT2D eigenvalue weighted by molar-refractivity contribution is 5.95. The third-order valence-corrected chi connectivity index (χ3v) is 3.27. The van der Waals surface area contributed by atoms with Crippen LogP contribution in [0.3, 0.4) is 0 Å². The summed E-state index contributed by atoms with van der Waals surface area (Å²) in [7, 11) is 0. The van der Waals surface area contributed by atoms with Gasteiger partial charge < -0.3 is 4.74 Å². The molecule has 0 bridgehead atoms. The molecular weight excluding hydrogens is 257 g/mol. The maximum absolute atomic E-state index is 12.5. The molecule has 0 aromatic heterocycles. The Labute approximate surface area is 108 Å². The van der Waals surface area contributed by atoms with Crippen molar-refractivity contribution in [1.29, 1.82) is 0 Å². The fourth-order valence-corrected chi connectivity index (χ4v) is 2.04. The van der Waals surface area contributed by atoms with Gasteiger partial charge in [0.2, 0.25) is 0 Å². The maximum Gasteiger partial charge on any atom is 0.416 e. The predicted octanol–water partition coefficient (Wildman–Crippen LogP) is 3.89. The van der Waals surface area contributed by atoms with E-state index in [-0.39, 0.29) is 5.78 Å². The predicted molar refractivity (Wildman–Crippen MR) is 63.2 cm³/mol. The first-order chi connectivity index (χ1) is 8.73. The molecule has 0 radical (unpaired) electrons. The van der Waals surface area contributed by atoms with Gasteiger partial charge in [-0.05, 0) is 31.5 Å². The number of hydrogen-bond donors (Lipinski definition) is 0. The molecule has 2 nitrogen and oxygen atoms in total. The van der Waals surface area contributed by atoms with Crippen molar-refractivity contribution < 1.29 is 22.7 Å². The zero-order chi connectivity index (χ0) is 14.3. The van der Waals surface area contributed by atoms with Crippen molar-refractivity contribution in [3.05, 3.63) is 47.7 Å². The molecular formula is C14H13F3O2. The van der Waals surface area contributed by atoms with Crippen molar-refractivity contribution in [2.45, 2.75) is 26.1 Å². The van der Waals surface area contributed by atoms with Gasteiger partial charge in [-0.3, -0.25) is 4.79 Å². The molecule has 0 saturated heterocycles. The second-order valence-electron chi connectivity index (χ2n) is 5.02. The Kier molecular flexibility index (Phi) is 3.16. The molecule has 0 unspecified atom stereocenters. The molecule has 1 aliphatic rings. The van der Waals surface area contributed by atoms with Crippen molar-refractivity contribution in [2.75, 3.05) is 0 Å². The van der Waals surface area contributed by atoms with E-state index in [0.29, 0.717) is 5.56 Å². The zero-order valence-corrected chi connectivity index (χ0v) is 10.5. The number of carbonyl (C=O) groups excluding carboxylic acids is 1. The number of allylic oxidation sites excluding steroid dienone is 1. The summed E-state index contributed by atoms with van der Waals surface area (Å²) >= 11 is 0. The molecule has 1 aromatic carbocycles. The largest absolute Gasteiger partial charge is 0.492 e. The number of alkyl halides is 3. The van der Waals surface area contributed by atoms with Crippen LogP contribution in [-0.2, 0) is 15.7 Å². The lowest BCUT2D eigenvalue weighted by Crippen LogP contribution is -2.34. The van der Waals surface area contributed by atoms with Gasteiger partial charge in [0.25, 0.3) is 0 Å². The van der Waals surface area contributed by atoms with Gasteiger partial charge in [-0.25, -0.2) is 0 Å². The van der Waals surface area contributed by atoms with Crippen LogP contribution in [0.1, 0.15) is 31.1 Å². The molecule has 19 heavy (non-hydrogen) atoms. The van der Waals surface area contributed by atoms with Crippen LogP contribution in [0.4, 0.5) is 13.2 Å². The molecule has 0 amide bonds. The van der Waals surface area contributed by atoms with Gasteiger partial charge >= 0.3 is 6.18 Å². The first kappa shape index (κ1) is 13.6. The van der Waals surface area contributed by atoms with E-state index in [0.717, 1.165) is 12.1 Å². The maximum atomic E-state index is 12.5. The minimum atomic E-state index is -4.36. The Morgan fingerprint density at radius 2 is 1.74 bits per heavy atom. The van der Waals surface area contributed by atoms with Crippen LogP contribution in [0.25, 0.3) is 0 Å². The zero-order valence-electron chi connectivity index (χ0n) is 10.5. The molecule has 0 spiro atoms. The normalized spacial score (nSPS) is 22.2. The van der Waals surface area contributed by atoms with Crippen LogP contribution >= 0.6 is 0 Å². The molecule has 1 aliphatic heterocycles.